The number of para-hydroxylation sites is 2. The maximum Gasteiger partial charge on any atom is 0.308 e. The molecule has 0 radical (unpaired) electrons. The molecule has 0 bridgehead atoms. The van der Waals surface area contributed by atoms with Gasteiger partial charge in [0.15, 0.2) is 19.0 Å². The topological polar surface area (TPSA) is 102 Å². The van der Waals surface area contributed by atoms with Gasteiger partial charge in [-0.1, -0.05) is 12.1 Å². The van der Waals surface area contributed by atoms with Crippen LogP contribution >= 0.6 is 0 Å². The van der Waals surface area contributed by atoms with E-state index in [1.54, 1.807) is 42.5 Å². The summed E-state index contributed by atoms with van der Waals surface area (Å²) in [6.07, 6.45) is 0.906. The largest absolute Gasteiger partial charge is 0.482 e. The predicted molar refractivity (Wildman–Crippen MR) is 108 cm³/mol. The van der Waals surface area contributed by atoms with Crippen LogP contribution in [0.25, 0.3) is 0 Å². The van der Waals surface area contributed by atoms with Crippen molar-refractivity contribution in [2.45, 2.75) is 19.3 Å². The summed E-state index contributed by atoms with van der Waals surface area (Å²) in [5, 5.41) is 2.76. The minimum Gasteiger partial charge on any atom is -0.482 e. The summed E-state index contributed by atoms with van der Waals surface area (Å²) in [7, 11) is 0. The molecule has 8 heteroatoms. The minimum absolute atomic E-state index is 0.0381. The number of carbonyl (C=O) groups excluding carboxylic acids is 4. The number of ether oxygens (including phenoxy) is 2. The van der Waals surface area contributed by atoms with Crippen LogP contribution in [0.2, 0.25) is 0 Å². The molecular weight excluding hydrogens is 388 g/mol. The highest BCUT2D eigenvalue weighted by atomic mass is 16.5. The smallest absolute Gasteiger partial charge is 0.308 e. The van der Waals surface area contributed by atoms with Crippen molar-refractivity contribution in [1.82, 2.24) is 0 Å². The van der Waals surface area contributed by atoms with Gasteiger partial charge < -0.3 is 19.7 Å². The molecule has 2 amide bonds. The monoisotopic (exact) mass is 408 g/mol. The lowest BCUT2D eigenvalue weighted by molar-refractivity contribution is -0.142. The molecule has 2 aromatic rings. The summed E-state index contributed by atoms with van der Waals surface area (Å²) < 4.78 is 10.5. The number of Topliss-reactive ketones (excluding diaryl/α,β-unsaturated/α-hetero) is 1. The lowest BCUT2D eigenvalue weighted by Gasteiger charge is -2.28. The van der Waals surface area contributed by atoms with Crippen LogP contribution in [-0.2, 0) is 25.5 Å². The van der Waals surface area contributed by atoms with Crippen molar-refractivity contribution < 1.29 is 28.7 Å². The van der Waals surface area contributed by atoms with Gasteiger partial charge in [0.2, 0.25) is 5.91 Å². The second-order valence-electron chi connectivity index (χ2n) is 7.06. The van der Waals surface area contributed by atoms with Crippen molar-refractivity contribution in [3.05, 3.63) is 53.6 Å². The normalized spacial score (nSPS) is 14.9. The van der Waals surface area contributed by atoms with Gasteiger partial charge >= 0.3 is 5.97 Å². The number of fused-ring (bicyclic) bond motifs is 2. The Kier molecular flexibility index (Phi) is 5.47. The molecule has 2 heterocycles. The van der Waals surface area contributed by atoms with E-state index in [0.717, 1.165) is 5.56 Å². The number of esters is 1. The number of carbonyl (C=O) groups is 4. The second kappa shape index (κ2) is 8.36. The molecule has 0 spiro atoms. The summed E-state index contributed by atoms with van der Waals surface area (Å²) in [6.45, 7) is -0.314. The van der Waals surface area contributed by atoms with Gasteiger partial charge in [0.05, 0.1) is 12.1 Å². The van der Waals surface area contributed by atoms with Gasteiger partial charge in [-0.15, -0.1) is 0 Å². The van der Waals surface area contributed by atoms with E-state index in [-0.39, 0.29) is 43.8 Å². The van der Waals surface area contributed by atoms with Gasteiger partial charge in [0.1, 0.15) is 5.75 Å². The molecular formula is C22H20N2O6. The number of hydrogen-bond acceptors (Lipinski definition) is 6. The fourth-order valence-corrected chi connectivity index (χ4v) is 3.46. The molecule has 2 aliphatic heterocycles. The average Bonchev–Trinajstić information content (AvgIpc) is 2.76. The average molecular weight is 408 g/mol. The van der Waals surface area contributed by atoms with Crippen LogP contribution in [0.3, 0.4) is 0 Å². The van der Waals surface area contributed by atoms with E-state index in [9.17, 15) is 19.2 Å². The van der Waals surface area contributed by atoms with Gasteiger partial charge in [0, 0.05) is 24.2 Å². The first-order chi connectivity index (χ1) is 14.5. The SMILES string of the molecule is O=C1CCc2cc(C(=O)COC(=O)CCN3C(=O)COc4ccccc43)ccc2N1. The number of anilines is 2. The number of hydrogen-bond donors (Lipinski definition) is 1. The fraction of sp³-hybridized carbons (Fsp3) is 0.273. The Bertz CT molecular complexity index is 1030. The van der Waals surface area contributed by atoms with Crippen LogP contribution in [0.4, 0.5) is 11.4 Å². The third kappa shape index (κ3) is 4.17. The minimum atomic E-state index is -0.564. The maximum absolute atomic E-state index is 12.4. The van der Waals surface area contributed by atoms with E-state index in [1.165, 1.54) is 4.90 Å². The van der Waals surface area contributed by atoms with Crippen LogP contribution in [0.5, 0.6) is 5.75 Å². The zero-order valence-corrected chi connectivity index (χ0v) is 16.2. The van der Waals surface area contributed by atoms with Crippen LogP contribution in [0, 0.1) is 0 Å². The molecule has 0 saturated heterocycles. The molecule has 30 heavy (non-hydrogen) atoms. The number of rotatable bonds is 6. The zero-order valence-electron chi connectivity index (χ0n) is 16.2. The van der Waals surface area contributed by atoms with Crippen LogP contribution in [0.15, 0.2) is 42.5 Å². The summed E-state index contributed by atoms with van der Waals surface area (Å²) in [5.74, 6) is -0.582. The van der Waals surface area contributed by atoms with Gasteiger partial charge in [0.25, 0.3) is 5.91 Å². The number of aryl methyl sites for hydroxylation is 1. The lowest BCUT2D eigenvalue weighted by Crippen LogP contribution is -2.40. The van der Waals surface area contributed by atoms with Gasteiger partial charge in [-0.3, -0.25) is 19.2 Å². The third-order valence-electron chi connectivity index (χ3n) is 5.03. The van der Waals surface area contributed by atoms with Crippen molar-refractivity contribution >= 4 is 34.9 Å². The summed E-state index contributed by atoms with van der Waals surface area (Å²) in [4.78, 5) is 49.5. The first-order valence-electron chi connectivity index (χ1n) is 9.65. The molecule has 2 aliphatic rings. The van der Waals surface area contributed by atoms with Crippen molar-refractivity contribution in [3.63, 3.8) is 0 Å². The Morgan fingerprint density at radius 2 is 1.93 bits per heavy atom. The molecule has 0 saturated carbocycles. The number of benzene rings is 2. The third-order valence-corrected chi connectivity index (χ3v) is 5.03. The van der Waals surface area contributed by atoms with Crippen LogP contribution in [-0.4, -0.2) is 43.3 Å². The summed E-state index contributed by atoms with van der Waals surface area (Å²) in [5.41, 5.74) is 2.63. The molecule has 0 fully saturated rings. The number of ketones is 1. The van der Waals surface area contributed by atoms with E-state index in [2.05, 4.69) is 5.32 Å². The Labute approximate surface area is 172 Å². The quantitative estimate of drug-likeness (QED) is 0.580. The number of nitrogens with one attached hydrogen (secondary N) is 1. The number of nitrogens with zero attached hydrogens (tertiary/aromatic N) is 1. The van der Waals surface area contributed by atoms with Gasteiger partial charge in [-0.25, -0.2) is 0 Å². The molecule has 0 atom stereocenters. The number of amides is 2. The van der Waals surface area contributed by atoms with E-state index in [1.807, 2.05) is 0 Å². The van der Waals surface area contributed by atoms with Crippen LogP contribution < -0.4 is 15.0 Å². The van der Waals surface area contributed by atoms with Gasteiger partial charge in [-0.2, -0.15) is 0 Å². The highest BCUT2D eigenvalue weighted by Gasteiger charge is 2.26. The molecule has 0 aromatic heterocycles. The van der Waals surface area contributed by atoms with E-state index < -0.39 is 5.97 Å². The van der Waals surface area contributed by atoms with Crippen molar-refractivity contribution in [2.75, 3.05) is 30.0 Å². The molecule has 4 rings (SSSR count). The second-order valence-corrected chi connectivity index (χ2v) is 7.06. The molecule has 1 N–H and O–H groups in total. The van der Waals surface area contributed by atoms with E-state index in [0.29, 0.717) is 35.5 Å². The van der Waals surface area contributed by atoms with Crippen molar-refractivity contribution in [3.8, 4) is 5.75 Å². The Morgan fingerprint density at radius 1 is 1.10 bits per heavy atom. The first-order valence-corrected chi connectivity index (χ1v) is 9.65. The van der Waals surface area contributed by atoms with E-state index in [4.69, 9.17) is 9.47 Å². The summed E-state index contributed by atoms with van der Waals surface area (Å²) >= 11 is 0. The fourth-order valence-electron chi connectivity index (χ4n) is 3.46. The highest BCUT2D eigenvalue weighted by molar-refractivity contribution is 6.00. The molecule has 2 aromatic carbocycles. The standard InChI is InChI=1S/C22H20N2O6/c25-18(15-5-7-16-14(11-15)6-8-20(26)23-16)12-30-22(28)9-10-24-17-3-1-2-4-19(17)29-13-21(24)27/h1-5,7,11H,6,8-10,12-13H2,(H,23,26). The Morgan fingerprint density at radius 3 is 2.80 bits per heavy atom. The van der Waals surface area contributed by atoms with Crippen LogP contribution in [0.1, 0.15) is 28.8 Å². The van der Waals surface area contributed by atoms with Gasteiger partial charge in [-0.05, 0) is 42.3 Å². The maximum atomic E-state index is 12.4. The predicted octanol–water partition coefficient (Wildman–Crippen LogP) is 2.11. The van der Waals surface area contributed by atoms with Crippen molar-refractivity contribution in [1.29, 1.82) is 0 Å². The molecule has 8 nitrogen and oxygen atoms in total. The zero-order chi connectivity index (χ0) is 21.1. The van der Waals surface area contributed by atoms with E-state index >= 15 is 0 Å². The molecule has 0 aliphatic carbocycles. The van der Waals surface area contributed by atoms with Crippen molar-refractivity contribution in [2.24, 2.45) is 0 Å². The lowest BCUT2D eigenvalue weighted by atomic mass is 9.99. The Balaban J connectivity index is 1.31. The highest BCUT2D eigenvalue weighted by Crippen LogP contribution is 2.31. The first kappa shape index (κ1) is 19.6. The Hall–Kier alpha value is -3.68. The summed E-state index contributed by atoms with van der Waals surface area (Å²) in [6, 6.07) is 12.1. The molecule has 154 valence electrons. The molecule has 0 unspecified atom stereocenters.